The quantitative estimate of drug-likeness (QED) is 0.312. The molecule has 0 aliphatic heterocycles. The average Bonchev–Trinajstić information content (AvgIpc) is 3.63. The molecule has 5 rings (SSSR count). The van der Waals surface area contributed by atoms with Crippen LogP contribution in [0.1, 0.15) is 41.8 Å². The lowest BCUT2D eigenvalue weighted by Gasteiger charge is -2.21. The van der Waals surface area contributed by atoms with Crippen LogP contribution in [0.4, 0.5) is 0 Å². The molecule has 7 nitrogen and oxygen atoms in total. The van der Waals surface area contributed by atoms with Crippen LogP contribution in [0.25, 0.3) is 21.5 Å². The number of nitrogens with one attached hydrogen (secondary N) is 1. The minimum Gasteiger partial charge on any atom is -0.393 e. The van der Waals surface area contributed by atoms with Gasteiger partial charge in [0.15, 0.2) is 0 Å². The number of benzene rings is 1. The molecule has 1 fully saturated rings. The van der Waals surface area contributed by atoms with Crippen LogP contribution in [0.3, 0.4) is 0 Å². The second-order valence-corrected chi connectivity index (χ2v) is 12.4. The summed E-state index contributed by atoms with van der Waals surface area (Å²) in [5.74, 6) is 0. The van der Waals surface area contributed by atoms with E-state index in [1.807, 2.05) is 30.3 Å². The van der Waals surface area contributed by atoms with Gasteiger partial charge in [-0.3, -0.25) is 9.97 Å². The molecule has 2 atom stereocenters. The molecule has 1 saturated carbocycles. The Labute approximate surface area is 212 Å². The summed E-state index contributed by atoms with van der Waals surface area (Å²) in [6, 6.07) is 13.7. The second kappa shape index (κ2) is 9.24. The molecule has 182 valence electrons. The molecular weight excluding hydrogens is 506 g/mol. The van der Waals surface area contributed by atoms with Gasteiger partial charge in [0.1, 0.15) is 5.60 Å². The van der Waals surface area contributed by atoms with E-state index in [1.54, 1.807) is 30.6 Å². The first-order valence-corrected chi connectivity index (χ1v) is 13.9. The minimum absolute atomic E-state index is 0.373. The Bertz CT molecular complexity index is 1500. The number of hydrogen-bond acceptors (Lipinski definition) is 7. The first-order chi connectivity index (χ1) is 16.7. The van der Waals surface area contributed by atoms with E-state index in [9.17, 15) is 18.6 Å². The third-order valence-corrected chi connectivity index (χ3v) is 9.62. The lowest BCUT2D eigenvalue weighted by Crippen LogP contribution is -2.31. The number of halogens is 1. The molecule has 0 spiro atoms. The van der Waals surface area contributed by atoms with E-state index in [-0.39, 0.29) is 5.25 Å². The average molecular weight is 530 g/mol. The Hall–Kier alpha value is -2.40. The fraction of sp³-hybridized carbons (Fsp3) is 0.280. The number of aromatic nitrogens is 2. The van der Waals surface area contributed by atoms with Crippen LogP contribution in [-0.2, 0) is 15.6 Å². The number of pyridine rings is 2. The van der Waals surface area contributed by atoms with Crippen LogP contribution in [0.5, 0.6) is 0 Å². The van der Waals surface area contributed by atoms with E-state index in [0.29, 0.717) is 40.2 Å². The number of sulfonamides is 1. The number of aliphatic hydroxyl groups is 2. The maximum absolute atomic E-state index is 12.9. The highest BCUT2D eigenvalue weighted by Gasteiger charge is 2.38. The topological polar surface area (TPSA) is 112 Å². The third kappa shape index (κ3) is 4.84. The van der Waals surface area contributed by atoms with Crippen LogP contribution >= 0.6 is 22.9 Å². The van der Waals surface area contributed by atoms with Crippen molar-refractivity contribution >= 4 is 43.2 Å². The van der Waals surface area contributed by atoms with E-state index in [1.165, 1.54) is 18.3 Å². The van der Waals surface area contributed by atoms with Crippen molar-refractivity contribution in [2.45, 2.75) is 36.7 Å². The Morgan fingerprint density at radius 2 is 1.91 bits per heavy atom. The van der Waals surface area contributed by atoms with E-state index < -0.39 is 28.3 Å². The number of thiophene rings is 1. The van der Waals surface area contributed by atoms with E-state index >= 15 is 0 Å². The van der Waals surface area contributed by atoms with Crippen molar-refractivity contribution < 1.29 is 18.6 Å². The highest BCUT2D eigenvalue weighted by atomic mass is 35.5. The zero-order valence-corrected chi connectivity index (χ0v) is 21.2. The predicted octanol–water partition coefficient (Wildman–Crippen LogP) is 4.38. The van der Waals surface area contributed by atoms with Gasteiger partial charge < -0.3 is 10.2 Å². The lowest BCUT2D eigenvalue weighted by molar-refractivity contribution is -0.00230. The molecule has 35 heavy (non-hydrogen) atoms. The van der Waals surface area contributed by atoms with Crippen molar-refractivity contribution in [2.24, 2.45) is 0 Å². The van der Waals surface area contributed by atoms with Gasteiger partial charge in [0.05, 0.1) is 33.8 Å². The lowest BCUT2D eigenvalue weighted by atomic mass is 9.96. The molecule has 0 saturated heterocycles. The molecule has 1 aliphatic carbocycles. The summed E-state index contributed by atoms with van der Waals surface area (Å²) in [7, 11) is -3.51. The fourth-order valence-electron chi connectivity index (χ4n) is 3.93. The molecule has 1 aromatic carbocycles. The molecule has 3 heterocycles. The van der Waals surface area contributed by atoms with Gasteiger partial charge in [-0.05, 0) is 61.2 Å². The van der Waals surface area contributed by atoms with Gasteiger partial charge in [-0.2, -0.15) is 0 Å². The van der Waals surface area contributed by atoms with Gasteiger partial charge in [0.2, 0.25) is 10.0 Å². The van der Waals surface area contributed by atoms with Gasteiger partial charge in [-0.15, -0.1) is 11.3 Å². The van der Waals surface area contributed by atoms with Gasteiger partial charge in [0, 0.05) is 27.9 Å². The summed E-state index contributed by atoms with van der Waals surface area (Å²) in [6.07, 6.45) is 4.57. The molecule has 0 amide bonds. The predicted molar refractivity (Wildman–Crippen MR) is 138 cm³/mol. The van der Waals surface area contributed by atoms with Gasteiger partial charge >= 0.3 is 0 Å². The highest BCUT2D eigenvalue weighted by Crippen LogP contribution is 2.40. The van der Waals surface area contributed by atoms with E-state index in [2.05, 4.69) is 14.7 Å². The van der Waals surface area contributed by atoms with Crippen molar-refractivity contribution in [1.82, 2.24) is 14.7 Å². The van der Waals surface area contributed by atoms with Crippen LogP contribution in [0.15, 0.2) is 60.9 Å². The molecule has 0 bridgehead atoms. The summed E-state index contributed by atoms with van der Waals surface area (Å²) in [5.41, 5.74) is 1.92. The van der Waals surface area contributed by atoms with Gasteiger partial charge in [-0.1, -0.05) is 29.8 Å². The number of fused-ring (bicyclic) bond motifs is 1. The summed E-state index contributed by atoms with van der Waals surface area (Å²) in [5, 5.41) is 20.2. The Morgan fingerprint density at radius 3 is 2.63 bits per heavy atom. The van der Waals surface area contributed by atoms with Crippen molar-refractivity contribution in [3.05, 3.63) is 82.0 Å². The zero-order chi connectivity index (χ0) is 24.8. The summed E-state index contributed by atoms with van der Waals surface area (Å²) < 4.78 is 29.5. The van der Waals surface area contributed by atoms with Crippen LogP contribution in [-0.4, -0.2) is 40.5 Å². The molecule has 0 radical (unpaired) electrons. The minimum atomic E-state index is -3.51. The SMILES string of the molecule is CC(O)(CO)c1ccnc(-c2ccnc3cc([C@H](NS(=O)(=O)C4CC4)c4ccccc4Cl)sc23)c1. The molecule has 10 heteroatoms. The van der Waals surface area contributed by atoms with Crippen molar-refractivity contribution in [3.63, 3.8) is 0 Å². The number of rotatable bonds is 8. The molecule has 1 unspecified atom stereocenters. The largest absolute Gasteiger partial charge is 0.393 e. The first kappa shape index (κ1) is 24.3. The van der Waals surface area contributed by atoms with Crippen molar-refractivity contribution in [2.75, 3.05) is 6.61 Å². The maximum Gasteiger partial charge on any atom is 0.215 e. The smallest absolute Gasteiger partial charge is 0.215 e. The molecule has 3 N–H and O–H groups in total. The Morgan fingerprint density at radius 1 is 1.17 bits per heavy atom. The monoisotopic (exact) mass is 529 g/mol. The molecule has 4 aromatic rings. The van der Waals surface area contributed by atoms with Crippen molar-refractivity contribution in [3.8, 4) is 11.3 Å². The van der Waals surface area contributed by atoms with Crippen molar-refractivity contribution in [1.29, 1.82) is 0 Å². The Kier molecular flexibility index (Phi) is 6.41. The first-order valence-electron chi connectivity index (χ1n) is 11.1. The Balaban J connectivity index is 1.62. The summed E-state index contributed by atoms with van der Waals surface area (Å²) >= 11 is 7.92. The van der Waals surface area contributed by atoms with E-state index in [4.69, 9.17) is 11.6 Å². The summed E-state index contributed by atoms with van der Waals surface area (Å²) in [6.45, 7) is 1.11. The standard InChI is InChI=1S/C25H24ClN3O4S2/c1-25(31,14-30)15-8-10-27-20(12-15)18-9-11-28-21-13-22(34-24(18)21)23(17-4-2-3-5-19(17)26)29-35(32,33)16-6-7-16/h2-5,8-13,16,23,29-31H,6-7,14H2,1H3/t23-,25?/m1/s1. The van der Waals surface area contributed by atoms with Gasteiger partial charge in [0.25, 0.3) is 0 Å². The van der Waals surface area contributed by atoms with E-state index in [0.717, 1.165) is 15.1 Å². The molecule has 3 aromatic heterocycles. The number of aliphatic hydroxyl groups excluding tert-OH is 1. The molecule has 1 aliphatic rings. The van der Waals surface area contributed by atoms with Crippen LogP contribution < -0.4 is 4.72 Å². The third-order valence-electron chi connectivity index (χ3n) is 6.14. The zero-order valence-electron chi connectivity index (χ0n) is 18.8. The summed E-state index contributed by atoms with van der Waals surface area (Å²) in [4.78, 5) is 9.74. The number of hydrogen-bond donors (Lipinski definition) is 3. The normalized spacial score (nSPS) is 16.8. The fourth-order valence-corrected chi connectivity index (χ4v) is 6.99. The second-order valence-electron chi connectivity index (χ2n) is 8.90. The maximum atomic E-state index is 12.9. The van der Waals surface area contributed by atoms with Gasteiger partial charge in [-0.25, -0.2) is 13.1 Å². The number of nitrogens with zero attached hydrogens (tertiary/aromatic N) is 2. The van der Waals surface area contributed by atoms with Crippen LogP contribution in [0, 0.1) is 0 Å². The van der Waals surface area contributed by atoms with Crippen LogP contribution in [0.2, 0.25) is 5.02 Å². The highest BCUT2D eigenvalue weighted by molar-refractivity contribution is 7.90. The molecular formula is C25H24ClN3O4S2.